The number of carbonyl (C=O) groups excluding carboxylic acids is 1. The van der Waals surface area contributed by atoms with Crippen LogP contribution in [0.4, 0.5) is 5.82 Å². The van der Waals surface area contributed by atoms with Crippen LogP contribution >= 0.6 is 11.6 Å². The minimum atomic E-state index is -0.728. The van der Waals surface area contributed by atoms with E-state index in [2.05, 4.69) is 15.2 Å². The first-order valence-electron chi connectivity index (χ1n) is 9.10. The summed E-state index contributed by atoms with van der Waals surface area (Å²) in [6.45, 7) is 2.83. The topological polar surface area (TPSA) is 80.5 Å². The Labute approximate surface area is 164 Å². The van der Waals surface area contributed by atoms with Crippen LogP contribution in [-0.2, 0) is 11.3 Å². The Morgan fingerprint density at radius 1 is 1.26 bits per heavy atom. The summed E-state index contributed by atoms with van der Waals surface area (Å²) < 4.78 is 5.17. The van der Waals surface area contributed by atoms with Crippen molar-refractivity contribution in [1.29, 1.82) is 0 Å². The number of nitrogens with one attached hydrogen (secondary N) is 1. The van der Waals surface area contributed by atoms with Crippen LogP contribution in [0.1, 0.15) is 30.0 Å². The van der Waals surface area contributed by atoms with Gasteiger partial charge < -0.3 is 15.8 Å². The lowest BCUT2D eigenvalue weighted by Crippen LogP contribution is -2.34. The van der Waals surface area contributed by atoms with E-state index >= 15 is 0 Å². The maximum atomic E-state index is 12.6. The highest BCUT2D eigenvalue weighted by Crippen LogP contribution is 2.24. The van der Waals surface area contributed by atoms with E-state index in [0.717, 1.165) is 37.2 Å². The molecule has 1 unspecified atom stereocenters. The van der Waals surface area contributed by atoms with Crippen LogP contribution in [0, 0.1) is 0 Å². The zero-order chi connectivity index (χ0) is 19.2. The van der Waals surface area contributed by atoms with Crippen molar-refractivity contribution in [3.8, 4) is 5.75 Å². The van der Waals surface area contributed by atoms with Gasteiger partial charge in [0.15, 0.2) is 5.78 Å². The molecule has 3 N–H and O–H groups in total. The largest absolute Gasteiger partial charge is 0.497 e. The van der Waals surface area contributed by atoms with Crippen LogP contribution in [0.2, 0.25) is 5.15 Å². The van der Waals surface area contributed by atoms with Gasteiger partial charge in [-0.05, 0) is 49.7 Å². The minimum Gasteiger partial charge on any atom is -0.497 e. The third-order valence-electron chi connectivity index (χ3n) is 4.77. The predicted octanol–water partition coefficient (Wildman–Crippen LogP) is 3.02. The van der Waals surface area contributed by atoms with Gasteiger partial charge in [-0.25, -0.2) is 4.98 Å². The molecule has 7 heteroatoms. The van der Waals surface area contributed by atoms with E-state index in [0.29, 0.717) is 29.6 Å². The molecule has 1 aromatic heterocycles. The summed E-state index contributed by atoms with van der Waals surface area (Å²) >= 11 is 6.06. The summed E-state index contributed by atoms with van der Waals surface area (Å²) in [7, 11) is 1.63. The molecule has 6 nitrogen and oxygen atoms in total. The second-order valence-corrected chi connectivity index (χ2v) is 7.09. The second kappa shape index (κ2) is 9.17. The van der Waals surface area contributed by atoms with Gasteiger partial charge >= 0.3 is 0 Å². The number of likely N-dealkylation sites (tertiary alicyclic amines) is 1. The molecule has 2 heterocycles. The van der Waals surface area contributed by atoms with E-state index in [1.54, 1.807) is 19.2 Å². The zero-order valence-electron chi connectivity index (χ0n) is 15.5. The molecule has 1 aliphatic heterocycles. The Balaban J connectivity index is 1.70. The predicted molar refractivity (Wildman–Crippen MR) is 107 cm³/mol. The first kappa shape index (κ1) is 19.6. The molecule has 1 fully saturated rings. The van der Waals surface area contributed by atoms with Crippen molar-refractivity contribution in [2.24, 2.45) is 5.73 Å². The number of methoxy groups -OCH3 is 1. The van der Waals surface area contributed by atoms with Crippen molar-refractivity contribution >= 4 is 23.2 Å². The van der Waals surface area contributed by atoms with Crippen LogP contribution in [0.3, 0.4) is 0 Å². The van der Waals surface area contributed by atoms with E-state index in [1.807, 2.05) is 24.3 Å². The quantitative estimate of drug-likeness (QED) is 0.676. The number of aromatic nitrogens is 1. The normalized spacial score (nSPS) is 15.5. The minimum absolute atomic E-state index is 0.00600. The highest BCUT2D eigenvalue weighted by Gasteiger charge is 2.23. The number of pyridine rings is 1. The monoisotopic (exact) mass is 388 g/mol. The molecule has 1 saturated heterocycles. The Hall–Kier alpha value is -2.15. The zero-order valence-corrected chi connectivity index (χ0v) is 16.2. The van der Waals surface area contributed by atoms with E-state index in [-0.39, 0.29) is 5.78 Å². The van der Waals surface area contributed by atoms with Crippen LogP contribution in [0.5, 0.6) is 5.75 Å². The van der Waals surface area contributed by atoms with E-state index in [4.69, 9.17) is 22.1 Å². The molecular weight excluding hydrogens is 364 g/mol. The first-order chi connectivity index (χ1) is 13.1. The Morgan fingerprint density at radius 3 is 2.63 bits per heavy atom. The average molecular weight is 389 g/mol. The molecule has 0 aliphatic carbocycles. The number of Topliss-reactive ketones (excluding diaryl/α,β-unsaturated/α-hetero) is 1. The summed E-state index contributed by atoms with van der Waals surface area (Å²) in [5, 5.41) is 3.61. The fraction of sp³-hybridized carbons (Fsp3) is 0.400. The van der Waals surface area contributed by atoms with Gasteiger partial charge in [-0.2, -0.15) is 0 Å². The van der Waals surface area contributed by atoms with E-state index in [1.165, 1.54) is 0 Å². The fourth-order valence-electron chi connectivity index (χ4n) is 3.20. The van der Waals surface area contributed by atoms with Gasteiger partial charge in [0.05, 0.1) is 19.7 Å². The highest BCUT2D eigenvalue weighted by atomic mass is 35.5. The number of nitrogens with zero attached hydrogens (tertiary/aromatic N) is 2. The number of carbonyl (C=O) groups is 1. The Bertz CT molecular complexity index is 776. The molecule has 2 aromatic rings. The summed E-state index contributed by atoms with van der Waals surface area (Å²) in [5.74, 6) is 1.34. The van der Waals surface area contributed by atoms with Crippen molar-refractivity contribution in [2.45, 2.75) is 25.4 Å². The van der Waals surface area contributed by atoms with Crippen LogP contribution in [-0.4, -0.2) is 42.4 Å². The lowest BCUT2D eigenvalue weighted by Gasteiger charge is -2.19. The number of rotatable bonds is 8. The molecule has 1 aromatic carbocycles. The van der Waals surface area contributed by atoms with Crippen LogP contribution in [0.25, 0.3) is 0 Å². The third-order valence-corrected chi connectivity index (χ3v) is 4.98. The van der Waals surface area contributed by atoms with Gasteiger partial charge in [0.25, 0.3) is 0 Å². The number of benzene rings is 1. The SMILES string of the molecule is COc1ccc(CNc2nc(Cl)ccc2C(N)C(=O)CN2CCCC2)cc1. The maximum absolute atomic E-state index is 12.6. The Kier molecular flexibility index (Phi) is 6.66. The molecule has 3 rings (SSSR count). The Morgan fingerprint density at radius 2 is 1.96 bits per heavy atom. The molecule has 27 heavy (non-hydrogen) atoms. The van der Waals surface area contributed by atoms with Gasteiger partial charge in [0.1, 0.15) is 16.7 Å². The van der Waals surface area contributed by atoms with Crippen molar-refractivity contribution in [3.05, 3.63) is 52.7 Å². The molecule has 0 bridgehead atoms. The lowest BCUT2D eigenvalue weighted by molar-refractivity contribution is -0.121. The van der Waals surface area contributed by atoms with Crippen molar-refractivity contribution < 1.29 is 9.53 Å². The number of hydrogen-bond acceptors (Lipinski definition) is 6. The van der Waals surface area contributed by atoms with Gasteiger partial charge in [-0.1, -0.05) is 29.8 Å². The van der Waals surface area contributed by atoms with Gasteiger partial charge in [-0.15, -0.1) is 0 Å². The number of ether oxygens (including phenoxy) is 1. The fourth-order valence-corrected chi connectivity index (χ4v) is 3.35. The summed E-state index contributed by atoms with van der Waals surface area (Å²) in [6.07, 6.45) is 2.28. The van der Waals surface area contributed by atoms with Crippen molar-refractivity contribution in [3.63, 3.8) is 0 Å². The van der Waals surface area contributed by atoms with Crippen molar-refractivity contribution in [1.82, 2.24) is 9.88 Å². The summed E-state index contributed by atoms with van der Waals surface area (Å²) in [5.41, 5.74) is 7.98. The average Bonchev–Trinajstić information content (AvgIpc) is 3.19. The smallest absolute Gasteiger partial charge is 0.168 e. The maximum Gasteiger partial charge on any atom is 0.168 e. The van der Waals surface area contributed by atoms with Gasteiger partial charge in [0.2, 0.25) is 0 Å². The lowest BCUT2D eigenvalue weighted by atomic mass is 10.0. The molecule has 0 spiro atoms. The summed E-state index contributed by atoms with van der Waals surface area (Å²) in [6, 6.07) is 10.4. The highest BCUT2D eigenvalue weighted by molar-refractivity contribution is 6.29. The van der Waals surface area contributed by atoms with Gasteiger partial charge in [-0.3, -0.25) is 9.69 Å². The number of anilines is 1. The van der Waals surface area contributed by atoms with E-state index < -0.39 is 6.04 Å². The molecule has 0 radical (unpaired) electrons. The number of hydrogen-bond donors (Lipinski definition) is 2. The molecule has 1 atom stereocenters. The van der Waals surface area contributed by atoms with Gasteiger partial charge in [0, 0.05) is 12.1 Å². The van der Waals surface area contributed by atoms with Crippen molar-refractivity contribution in [2.75, 3.05) is 32.1 Å². The van der Waals surface area contributed by atoms with Crippen LogP contribution in [0.15, 0.2) is 36.4 Å². The van der Waals surface area contributed by atoms with E-state index in [9.17, 15) is 4.79 Å². The molecule has 0 amide bonds. The molecule has 144 valence electrons. The number of ketones is 1. The molecular formula is C20H25ClN4O2. The van der Waals surface area contributed by atoms with Crippen LogP contribution < -0.4 is 15.8 Å². The number of nitrogens with two attached hydrogens (primary N) is 1. The molecule has 0 saturated carbocycles. The first-order valence-corrected chi connectivity index (χ1v) is 9.48. The molecule has 1 aliphatic rings. The summed E-state index contributed by atoms with van der Waals surface area (Å²) in [4.78, 5) is 19.1. The second-order valence-electron chi connectivity index (χ2n) is 6.70. The standard InChI is InChI=1S/C20H25ClN4O2/c1-27-15-6-4-14(5-7-15)12-23-20-16(8-9-18(21)24-20)19(22)17(26)13-25-10-2-3-11-25/h4-9,19H,2-3,10-13,22H2,1H3,(H,23,24). The number of halogens is 1. The third kappa shape index (κ3) is 5.19.